The van der Waals surface area contributed by atoms with Crippen LogP contribution in [0.1, 0.15) is 21.6 Å². The van der Waals surface area contributed by atoms with Crippen molar-refractivity contribution in [2.24, 2.45) is 0 Å². The molecule has 1 heterocycles. The summed E-state index contributed by atoms with van der Waals surface area (Å²) in [6.07, 6.45) is 1.59. The molecule has 0 fully saturated rings. The van der Waals surface area contributed by atoms with Crippen molar-refractivity contribution in [1.29, 1.82) is 5.26 Å². The third kappa shape index (κ3) is 2.93. The molecule has 0 saturated carbocycles. The third-order valence-electron chi connectivity index (χ3n) is 2.79. The summed E-state index contributed by atoms with van der Waals surface area (Å²) in [4.78, 5) is 16.5. The smallest absolute Gasteiger partial charge is 0.270 e. The fourth-order valence-electron chi connectivity index (χ4n) is 1.77. The maximum Gasteiger partial charge on any atom is 0.270 e. The monoisotopic (exact) mass is 254 g/mol. The van der Waals surface area contributed by atoms with Crippen LogP contribution in [0.4, 0.5) is 5.69 Å². The van der Waals surface area contributed by atoms with Gasteiger partial charge in [-0.2, -0.15) is 5.26 Å². The number of carbonyl (C=O) groups excluding carboxylic acids is 1. The van der Waals surface area contributed by atoms with E-state index < -0.39 is 0 Å². The minimum atomic E-state index is -0.124. The van der Waals surface area contributed by atoms with Gasteiger partial charge in [0.15, 0.2) is 0 Å². The highest BCUT2D eigenvalue weighted by molar-refractivity contribution is 5.93. The van der Waals surface area contributed by atoms with Crippen LogP contribution in [0.25, 0.3) is 0 Å². The van der Waals surface area contributed by atoms with Gasteiger partial charge in [0.2, 0.25) is 0 Å². The van der Waals surface area contributed by atoms with E-state index in [1.54, 1.807) is 36.3 Å². The molecule has 1 amide bonds. The molecule has 0 aliphatic carbocycles. The van der Waals surface area contributed by atoms with Crippen molar-refractivity contribution in [2.45, 2.75) is 6.54 Å². The number of hydrogen-bond acceptors (Lipinski definition) is 3. The molecule has 0 unspecified atom stereocenters. The number of amides is 1. The predicted octanol–water partition coefficient (Wildman–Crippen LogP) is 1.74. The second-order valence-corrected chi connectivity index (χ2v) is 4.32. The van der Waals surface area contributed by atoms with Crippen LogP contribution in [0.5, 0.6) is 0 Å². The fraction of sp³-hybridized carbons (Fsp3) is 0.143. The number of nitrogens with zero attached hydrogens (tertiary/aromatic N) is 2. The maximum absolute atomic E-state index is 12.1. The number of carbonyl (C=O) groups is 1. The molecule has 2 rings (SSSR count). The van der Waals surface area contributed by atoms with Gasteiger partial charge in [0.1, 0.15) is 5.69 Å². The predicted molar refractivity (Wildman–Crippen MR) is 72.2 cm³/mol. The van der Waals surface area contributed by atoms with Gasteiger partial charge in [0, 0.05) is 25.5 Å². The average Bonchev–Trinajstić information content (AvgIpc) is 2.85. The molecule has 0 aliphatic rings. The van der Waals surface area contributed by atoms with Crippen molar-refractivity contribution in [3.05, 3.63) is 53.3 Å². The summed E-state index contributed by atoms with van der Waals surface area (Å²) in [5, 5.41) is 8.72. The molecular formula is C14H14N4O. The summed E-state index contributed by atoms with van der Waals surface area (Å²) in [6.45, 7) is 0.476. The highest BCUT2D eigenvalue weighted by atomic mass is 16.2. The van der Waals surface area contributed by atoms with Crippen LogP contribution in [-0.2, 0) is 6.54 Å². The summed E-state index contributed by atoms with van der Waals surface area (Å²) in [5.41, 5.74) is 8.15. The molecule has 1 aromatic heterocycles. The second kappa shape index (κ2) is 5.27. The standard InChI is InChI=1S/C14H14N4O/c1-18(14(19)13-6-12(16)8-17-13)9-11-4-2-10(7-15)3-5-11/h2-6,8,17H,9,16H2,1H3. The van der Waals surface area contributed by atoms with Crippen LogP contribution in [-0.4, -0.2) is 22.8 Å². The Bertz CT molecular complexity index is 622. The first-order valence-electron chi connectivity index (χ1n) is 5.78. The quantitative estimate of drug-likeness (QED) is 0.874. The lowest BCUT2D eigenvalue weighted by Crippen LogP contribution is -2.26. The largest absolute Gasteiger partial charge is 0.397 e. The van der Waals surface area contributed by atoms with Crippen molar-refractivity contribution in [1.82, 2.24) is 9.88 Å². The van der Waals surface area contributed by atoms with Gasteiger partial charge in [-0.05, 0) is 23.8 Å². The van der Waals surface area contributed by atoms with Crippen molar-refractivity contribution >= 4 is 11.6 Å². The van der Waals surface area contributed by atoms with E-state index in [1.165, 1.54) is 0 Å². The molecule has 96 valence electrons. The first-order valence-corrected chi connectivity index (χ1v) is 5.78. The van der Waals surface area contributed by atoms with Crippen LogP contribution in [0.2, 0.25) is 0 Å². The Hall–Kier alpha value is -2.74. The molecular weight excluding hydrogens is 240 g/mol. The van der Waals surface area contributed by atoms with E-state index in [4.69, 9.17) is 11.0 Å². The minimum Gasteiger partial charge on any atom is -0.397 e. The molecule has 0 bridgehead atoms. The third-order valence-corrected chi connectivity index (χ3v) is 2.79. The van der Waals surface area contributed by atoms with E-state index in [2.05, 4.69) is 11.1 Å². The molecule has 2 aromatic rings. The van der Waals surface area contributed by atoms with Crippen LogP contribution < -0.4 is 5.73 Å². The van der Waals surface area contributed by atoms with Gasteiger partial charge in [-0.1, -0.05) is 12.1 Å². The van der Waals surface area contributed by atoms with Crippen LogP contribution in [0.3, 0.4) is 0 Å². The molecule has 19 heavy (non-hydrogen) atoms. The van der Waals surface area contributed by atoms with E-state index in [-0.39, 0.29) is 5.91 Å². The lowest BCUT2D eigenvalue weighted by atomic mass is 10.1. The first-order chi connectivity index (χ1) is 9.10. The Labute approximate surface area is 111 Å². The van der Waals surface area contributed by atoms with E-state index in [9.17, 15) is 4.79 Å². The van der Waals surface area contributed by atoms with Gasteiger partial charge < -0.3 is 15.6 Å². The molecule has 0 saturated heterocycles. The SMILES string of the molecule is CN(Cc1ccc(C#N)cc1)C(=O)c1cc(N)c[nH]1. The summed E-state index contributed by atoms with van der Waals surface area (Å²) < 4.78 is 0. The molecule has 0 spiro atoms. The van der Waals surface area contributed by atoms with Crippen molar-refractivity contribution in [3.8, 4) is 6.07 Å². The zero-order valence-electron chi connectivity index (χ0n) is 10.6. The number of aromatic nitrogens is 1. The van der Waals surface area contributed by atoms with Gasteiger partial charge in [-0.25, -0.2) is 0 Å². The maximum atomic E-state index is 12.1. The number of hydrogen-bond donors (Lipinski definition) is 2. The van der Waals surface area contributed by atoms with E-state index in [1.807, 2.05) is 12.1 Å². The number of nitriles is 1. The zero-order valence-corrected chi connectivity index (χ0v) is 10.6. The molecule has 0 radical (unpaired) electrons. The molecule has 3 N–H and O–H groups in total. The van der Waals surface area contributed by atoms with Crippen molar-refractivity contribution in [3.63, 3.8) is 0 Å². The van der Waals surface area contributed by atoms with E-state index in [0.29, 0.717) is 23.5 Å². The molecule has 0 atom stereocenters. The lowest BCUT2D eigenvalue weighted by molar-refractivity contribution is 0.0780. The summed E-state index contributed by atoms with van der Waals surface area (Å²) >= 11 is 0. The Balaban J connectivity index is 2.06. The van der Waals surface area contributed by atoms with Crippen molar-refractivity contribution < 1.29 is 4.79 Å². The molecule has 5 heteroatoms. The second-order valence-electron chi connectivity index (χ2n) is 4.32. The zero-order chi connectivity index (χ0) is 13.8. The van der Waals surface area contributed by atoms with Crippen molar-refractivity contribution in [2.75, 3.05) is 12.8 Å². The number of aromatic amines is 1. The highest BCUT2D eigenvalue weighted by Crippen LogP contribution is 2.11. The average molecular weight is 254 g/mol. The number of H-pyrrole nitrogens is 1. The van der Waals surface area contributed by atoms with Crippen LogP contribution in [0.15, 0.2) is 36.5 Å². The normalized spacial score (nSPS) is 9.89. The van der Waals surface area contributed by atoms with Gasteiger partial charge in [0.25, 0.3) is 5.91 Å². The Morgan fingerprint density at radius 1 is 1.42 bits per heavy atom. The number of nitrogen functional groups attached to an aromatic ring is 1. The van der Waals surface area contributed by atoms with E-state index in [0.717, 1.165) is 5.56 Å². The lowest BCUT2D eigenvalue weighted by Gasteiger charge is -2.16. The Morgan fingerprint density at radius 3 is 2.63 bits per heavy atom. The number of anilines is 1. The summed E-state index contributed by atoms with van der Waals surface area (Å²) in [6, 6.07) is 10.8. The van der Waals surface area contributed by atoms with Gasteiger partial charge in [-0.15, -0.1) is 0 Å². The van der Waals surface area contributed by atoms with Crippen LogP contribution >= 0.6 is 0 Å². The Morgan fingerprint density at radius 2 is 2.11 bits per heavy atom. The summed E-state index contributed by atoms with van der Waals surface area (Å²) in [5.74, 6) is -0.124. The molecule has 1 aromatic carbocycles. The number of benzene rings is 1. The minimum absolute atomic E-state index is 0.124. The van der Waals surface area contributed by atoms with Gasteiger partial charge in [-0.3, -0.25) is 4.79 Å². The molecule has 5 nitrogen and oxygen atoms in total. The summed E-state index contributed by atoms with van der Waals surface area (Å²) in [7, 11) is 1.72. The van der Waals surface area contributed by atoms with Crippen LogP contribution in [0, 0.1) is 11.3 Å². The number of rotatable bonds is 3. The molecule has 0 aliphatic heterocycles. The highest BCUT2D eigenvalue weighted by Gasteiger charge is 2.13. The Kier molecular flexibility index (Phi) is 3.53. The number of nitrogens with two attached hydrogens (primary N) is 1. The first kappa shape index (κ1) is 12.7. The fourth-order valence-corrected chi connectivity index (χ4v) is 1.77. The topological polar surface area (TPSA) is 85.9 Å². The number of nitrogens with one attached hydrogen (secondary N) is 1. The van der Waals surface area contributed by atoms with E-state index >= 15 is 0 Å². The van der Waals surface area contributed by atoms with Gasteiger partial charge >= 0.3 is 0 Å². The van der Waals surface area contributed by atoms with Gasteiger partial charge in [0.05, 0.1) is 11.6 Å².